The molecule has 0 aliphatic rings. The Morgan fingerprint density at radius 2 is 1.92 bits per heavy atom. The van der Waals surface area contributed by atoms with Gasteiger partial charge in [-0.1, -0.05) is 6.92 Å². The van der Waals surface area contributed by atoms with Crippen LogP contribution >= 0.6 is 0 Å². The van der Waals surface area contributed by atoms with Gasteiger partial charge >= 0.3 is 14.8 Å². The van der Waals surface area contributed by atoms with Crippen LogP contribution < -0.4 is 0 Å². The molecule has 72 valence electrons. The Hall–Kier alpha value is -0.433. The van der Waals surface area contributed by atoms with E-state index in [1.54, 1.807) is 0 Å². The maximum atomic E-state index is 10.2. The van der Waals surface area contributed by atoms with Gasteiger partial charge in [0.05, 0.1) is 0 Å². The van der Waals surface area contributed by atoms with Gasteiger partial charge in [0.1, 0.15) is 6.61 Å². The van der Waals surface area contributed by atoms with E-state index in [1.807, 2.05) is 6.92 Å². The van der Waals surface area contributed by atoms with Crippen LogP contribution in [0.2, 0.25) is 6.04 Å². The van der Waals surface area contributed by atoms with Gasteiger partial charge in [0.2, 0.25) is 0 Å². The smallest absolute Gasteiger partial charge is 0.480 e. The molecular weight excluding hydrogens is 180 g/mol. The molecule has 0 radical (unpaired) electrons. The van der Waals surface area contributed by atoms with Crippen molar-refractivity contribution in [3.05, 3.63) is 0 Å². The van der Waals surface area contributed by atoms with Gasteiger partial charge in [-0.25, -0.2) is 4.79 Å². The molecule has 0 aromatic heterocycles. The molecule has 0 fully saturated rings. The second-order valence-electron chi connectivity index (χ2n) is 2.13. The molecule has 0 unspecified atom stereocenters. The Kier molecular flexibility index (Phi) is 5.06. The number of aliphatic carboxylic acids is 1. The van der Waals surface area contributed by atoms with Crippen molar-refractivity contribution in [1.82, 2.24) is 0 Å². The van der Waals surface area contributed by atoms with Crippen LogP contribution in [0.15, 0.2) is 0 Å². The summed E-state index contributed by atoms with van der Waals surface area (Å²) in [6.07, 6.45) is 0. The van der Waals surface area contributed by atoms with Crippen molar-refractivity contribution in [2.45, 2.75) is 13.0 Å². The fourth-order valence-electron chi connectivity index (χ4n) is 0.764. The Labute approximate surface area is 72.6 Å². The van der Waals surface area contributed by atoms with Crippen molar-refractivity contribution in [2.24, 2.45) is 0 Å². The summed E-state index contributed by atoms with van der Waals surface area (Å²) in [5.74, 6) is -1.02. The summed E-state index contributed by atoms with van der Waals surface area (Å²) in [6.45, 7) is 1.46. The number of rotatable bonds is 6. The first-order valence-electron chi connectivity index (χ1n) is 3.56. The zero-order valence-electron chi connectivity index (χ0n) is 7.49. The van der Waals surface area contributed by atoms with Gasteiger partial charge < -0.3 is 18.4 Å². The molecule has 0 aromatic carbocycles. The third-order valence-electron chi connectivity index (χ3n) is 1.47. The maximum Gasteiger partial charge on any atom is 0.500 e. The highest BCUT2D eigenvalue weighted by atomic mass is 28.4. The first-order valence-corrected chi connectivity index (χ1v) is 5.49. The lowest BCUT2D eigenvalue weighted by Crippen LogP contribution is -2.44. The minimum atomic E-state index is -2.66. The summed E-state index contributed by atoms with van der Waals surface area (Å²) >= 11 is 0. The van der Waals surface area contributed by atoms with Crippen LogP contribution in [-0.4, -0.2) is 40.7 Å². The molecular formula is C6H14O5Si. The summed E-state index contributed by atoms with van der Waals surface area (Å²) in [4.78, 5) is 10.2. The van der Waals surface area contributed by atoms with Crippen molar-refractivity contribution in [1.29, 1.82) is 0 Å². The topological polar surface area (TPSA) is 65.0 Å². The van der Waals surface area contributed by atoms with Crippen molar-refractivity contribution in [3.63, 3.8) is 0 Å². The molecule has 0 atom stereocenters. The quantitative estimate of drug-likeness (QED) is 0.618. The molecule has 0 heterocycles. The summed E-state index contributed by atoms with van der Waals surface area (Å²) < 4.78 is 15.1. The third-order valence-corrected chi connectivity index (χ3v) is 4.16. The van der Waals surface area contributed by atoms with E-state index in [4.69, 9.17) is 18.4 Å². The van der Waals surface area contributed by atoms with Gasteiger partial charge in [0.15, 0.2) is 0 Å². The molecule has 6 heteroatoms. The highest BCUT2D eigenvalue weighted by Crippen LogP contribution is 2.12. The lowest BCUT2D eigenvalue weighted by Gasteiger charge is -2.23. The van der Waals surface area contributed by atoms with Crippen molar-refractivity contribution < 1.29 is 23.2 Å². The van der Waals surface area contributed by atoms with E-state index in [9.17, 15) is 4.79 Å². The van der Waals surface area contributed by atoms with Crippen molar-refractivity contribution in [2.75, 3.05) is 20.8 Å². The van der Waals surface area contributed by atoms with Crippen LogP contribution in [0.5, 0.6) is 0 Å². The zero-order valence-corrected chi connectivity index (χ0v) is 8.49. The summed E-state index contributed by atoms with van der Waals surface area (Å²) in [6, 6.07) is 0.563. The third kappa shape index (κ3) is 3.31. The molecule has 1 N–H and O–H groups in total. The van der Waals surface area contributed by atoms with E-state index in [0.717, 1.165) is 0 Å². The normalized spacial score (nSPS) is 11.6. The number of carboxylic acid groups (broad SMARTS) is 1. The number of hydrogen-bond donors (Lipinski definition) is 1. The van der Waals surface area contributed by atoms with Gasteiger partial charge in [-0.15, -0.1) is 0 Å². The Bertz CT molecular complexity index is 137. The Morgan fingerprint density at radius 3 is 2.17 bits per heavy atom. The van der Waals surface area contributed by atoms with Crippen LogP contribution in [0, 0.1) is 0 Å². The molecule has 0 saturated heterocycles. The SMILES string of the molecule is CC[Si](OC)(OC)OCC(=O)O. The molecule has 12 heavy (non-hydrogen) atoms. The average Bonchev–Trinajstić information content (AvgIpc) is 2.08. The average molecular weight is 194 g/mol. The first kappa shape index (κ1) is 11.6. The van der Waals surface area contributed by atoms with E-state index >= 15 is 0 Å². The Balaban J connectivity index is 4.01. The standard InChI is InChI=1S/C6H14O5Si/c1-4-12(9-2,10-3)11-5-6(7)8/h4-5H2,1-3H3,(H,7,8). The molecule has 0 aromatic rings. The summed E-state index contributed by atoms with van der Waals surface area (Å²) in [5, 5.41) is 8.35. The minimum Gasteiger partial charge on any atom is -0.480 e. The fourth-order valence-corrected chi connectivity index (χ4v) is 2.29. The van der Waals surface area contributed by atoms with Crippen LogP contribution in [-0.2, 0) is 18.1 Å². The van der Waals surface area contributed by atoms with Gasteiger partial charge in [0.25, 0.3) is 0 Å². The fraction of sp³-hybridized carbons (Fsp3) is 0.833. The van der Waals surface area contributed by atoms with Crippen LogP contribution in [0.25, 0.3) is 0 Å². The van der Waals surface area contributed by atoms with Gasteiger partial charge in [0, 0.05) is 20.3 Å². The number of hydrogen-bond acceptors (Lipinski definition) is 4. The number of carbonyl (C=O) groups is 1. The van der Waals surface area contributed by atoms with Crippen LogP contribution in [0.1, 0.15) is 6.92 Å². The predicted molar refractivity (Wildman–Crippen MR) is 43.8 cm³/mol. The lowest BCUT2D eigenvalue weighted by molar-refractivity contribution is -0.140. The largest absolute Gasteiger partial charge is 0.500 e. The van der Waals surface area contributed by atoms with Gasteiger partial charge in [-0.2, -0.15) is 0 Å². The number of carboxylic acids is 1. The van der Waals surface area contributed by atoms with Crippen LogP contribution in [0.3, 0.4) is 0 Å². The van der Waals surface area contributed by atoms with Crippen molar-refractivity contribution >= 4 is 14.8 Å². The molecule has 5 nitrogen and oxygen atoms in total. The second kappa shape index (κ2) is 5.25. The summed E-state index contributed by atoms with van der Waals surface area (Å²) in [7, 11) is 0.258. The van der Waals surface area contributed by atoms with E-state index in [2.05, 4.69) is 0 Å². The molecule has 0 amide bonds. The lowest BCUT2D eigenvalue weighted by atomic mass is 10.8. The van der Waals surface area contributed by atoms with E-state index in [0.29, 0.717) is 6.04 Å². The van der Waals surface area contributed by atoms with Crippen LogP contribution in [0.4, 0.5) is 0 Å². The second-order valence-corrected chi connectivity index (χ2v) is 5.31. The zero-order chi connectivity index (χ0) is 9.61. The molecule has 0 aliphatic carbocycles. The molecule has 0 rings (SSSR count). The van der Waals surface area contributed by atoms with E-state index in [-0.39, 0.29) is 6.61 Å². The molecule has 0 spiro atoms. The maximum absolute atomic E-state index is 10.2. The van der Waals surface area contributed by atoms with Gasteiger partial charge in [-0.3, -0.25) is 0 Å². The summed E-state index contributed by atoms with van der Waals surface area (Å²) in [5.41, 5.74) is 0. The molecule has 0 bridgehead atoms. The van der Waals surface area contributed by atoms with Gasteiger partial charge in [-0.05, 0) is 0 Å². The van der Waals surface area contributed by atoms with E-state index in [1.165, 1.54) is 14.2 Å². The molecule has 0 aliphatic heterocycles. The Morgan fingerprint density at radius 1 is 1.42 bits per heavy atom. The first-order chi connectivity index (χ1) is 5.60. The van der Waals surface area contributed by atoms with E-state index < -0.39 is 14.8 Å². The predicted octanol–water partition coefficient (Wildman–Crippen LogP) is 0.339. The monoisotopic (exact) mass is 194 g/mol. The highest BCUT2D eigenvalue weighted by Gasteiger charge is 2.37. The molecule has 0 saturated carbocycles. The highest BCUT2D eigenvalue weighted by molar-refractivity contribution is 6.60. The van der Waals surface area contributed by atoms with Crippen molar-refractivity contribution in [3.8, 4) is 0 Å². The minimum absolute atomic E-state index is 0.373.